The molecule has 0 bridgehead atoms. The zero-order chi connectivity index (χ0) is 24.1. The molecule has 0 aliphatic heterocycles. The maximum absolute atomic E-state index is 12.8. The molecular weight excluding hydrogens is 448 g/mol. The van der Waals surface area contributed by atoms with Gasteiger partial charge in [-0.15, -0.1) is 11.3 Å². The lowest BCUT2D eigenvalue weighted by molar-refractivity contribution is -0.117. The second kappa shape index (κ2) is 10.6. The van der Waals surface area contributed by atoms with E-state index in [1.807, 2.05) is 66.4 Å². The number of amides is 1. The van der Waals surface area contributed by atoms with E-state index in [4.69, 9.17) is 9.72 Å². The molecule has 2 heterocycles. The minimum Gasteiger partial charge on any atom is -0.497 e. The van der Waals surface area contributed by atoms with Gasteiger partial charge in [0.1, 0.15) is 16.3 Å². The smallest absolute Gasteiger partial charge is 0.268 e. The summed E-state index contributed by atoms with van der Waals surface area (Å²) in [6, 6.07) is 17.4. The molecule has 0 atom stereocenters. The van der Waals surface area contributed by atoms with Crippen molar-refractivity contribution in [3.63, 3.8) is 0 Å². The van der Waals surface area contributed by atoms with Crippen molar-refractivity contribution in [2.75, 3.05) is 25.5 Å². The number of aryl methyl sites for hydroxylation is 1. The van der Waals surface area contributed by atoms with Crippen molar-refractivity contribution < 1.29 is 9.53 Å². The molecule has 1 amide bonds. The molecule has 4 aromatic rings. The Labute approximate surface area is 202 Å². The molecule has 34 heavy (non-hydrogen) atoms. The number of nitrogens with zero attached hydrogens (tertiary/aromatic N) is 2. The van der Waals surface area contributed by atoms with Crippen molar-refractivity contribution in [3.05, 3.63) is 76.3 Å². The number of aromatic amines is 1. The normalized spacial score (nSPS) is 11.2. The average molecular weight is 477 g/mol. The maximum atomic E-state index is 12.8. The van der Waals surface area contributed by atoms with Gasteiger partial charge in [-0.1, -0.05) is 25.1 Å². The van der Waals surface area contributed by atoms with Crippen molar-refractivity contribution in [1.82, 2.24) is 14.9 Å². The fourth-order valence-electron chi connectivity index (χ4n) is 3.81. The van der Waals surface area contributed by atoms with E-state index in [1.54, 1.807) is 7.11 Å². The van der Waals surface area contributed by atoms with Gasteiger partial charge in [0.05, 0.1) is 25.7 Å². The molecule has 0 aliphatic rings. The molecule has 0 saturated carbocycles. The predicted molar refractivity (Wildman–Crippen MR) is 138 cm³/mol. The summed E-state index contributed by atoms with van der Waals surface area (Å²) >= 11 is 1.42. The average Bonchev–Trinajstić information content (AvgIpc) is 3.25. The van der Waals surface area contributed by atoms with Gasteiger partial charge >= 0.3 is 0 Å². The highest BCUT2D eigenvalue weighted by Crippen LogP contribution is 2.31. The first-order valence-corrected chi connectivity index (χ1v) is 12.0. The first-order chi connectivity index (χ1) is 16.5. The van der Waals surface area contributed by atoms with Crippen LogP contribution >= 0.6 is 11.3 Å². The van der Waals surface area contributed by atoms with Crippen LogP contribution in [0.25, 0.3) is 20.7 Å². The molecule has 7 nitrogen and oxygen atoms in total. The highest BCUT2D eigenvalue weighted by Gasteiger charge is 2.15. The summed E-state index contributed by atoms with van der Waals surface area (Å²) in [5.74, 6) is 1.24. The molecule has 2 aromatic carbocycles. The number of carbonyl (C=O) groups is 1. The summed E-state index contributed by atoms with van der Waals surface area (Å²) in [5, 5.41) is 2.98. The van der Waals surface area contributed by atoms with E-state index in [1.165, 1.54) is 11.3 Å². The lowest BCUT2D eigenvalue weighted by Crippen LogP contribution is -2.34. The summed E-state index contributed by atoms with van der Waals surface area (Å²) in [6.45, 7) is 5.33. The molecule has 176 valence electrons. The van der Waals surface area contributed by atoms with E-state index in [-0.39, 0.29) is 18.0 Å². The fourth-order valence-corrected chi connectivity index (χ4v) is 4.81. The highest BCUT2D eigenvalue weighted by atomic mass is 32.1. The largest absolute Gasteiger partial charge is 0.497 e. The minimum atomic E-state index is -0.162. The summed E-state index contributed by atoms with van der Waals surface area (Å²) in [4.78, 5) is 36.0. The van der Waals surface area contributed by atoms with Crippen molar-refractivity contribution in [3.8, 4) is 16.2 Å². The zero-order valence-corrected chi connectivity index (χ0v) is 20.4. The van der Waals surface area contributed by atoms with Crippen molar-refractivity contribution >= 4 is 33.1 Å². The first-order valence-electron chi connectivity index (χ1n) is 11.2. The predicted octanol–water partition coefficient (Wildman–Crippen LogP) is 4.82. The lowest BCUT2D eigenvalue weighted by atomic mass is 10.2. The third-order valence-electron chi connectivity index (χ3n) is 5.51. The number of hydrogen-bond donors (Lipinski definition) is 2. The molecular formula is C26H28N4O3S. The summed E-state index contributed by atoms with van der Waals surface area (Å²) in [6.07, 6.45) is 0.879. The molecule has 0 spiro atoms. The number of methoxy groups -OCH3 is 1. The number of aromatic nitrogens is 2. The third kappa shape index (κ3) is 5.52. The SMILES string of the molecule is CCCN(CC(=O)Nc1ccccc1C)Cc1nc2cc(-c3ccc(OC)cc3)sc2c(=O)[nH]1. The summed E-state index contributed by atoms with van der Waals surface area (Å²) in [5.41, 5.74) is 3.33. The van der Waals surface area contributed by atoms with Crippen LogP contribution in [0, 0.1) is 6.92 Å². The van der Waals surface area contributed by atoms with E-state index in [9.17, 15) is 9.59 Å². The molecule has 0 aliphatic carbocycles. The standard InChI is InChI=1S/C26H28N4O3S/c1-4-13-30(16-24(31)28-20-8-6-5-7-17(20)2)15-23-27-21-14-22(34-25(21)26(32)29-23)18-9-11-19(33-3)12-10-18/h5-12,14H,4,13,15-16H2,1-3H3,(H,28,31)(H,27,29,32). The molecule has 2 N–H and O–H groups in total. The van der Waals surface area contributed by atoms with Gasteiger partial charge in [0.25, 0.3) is 5.56 Å². The number of para-hydroxylation sites is 1. The molecule has 0 radical (unpaired) electrons. The molecule has 8 heteroatoms. The van der Waals surface area contributed by atoms with E-state index in [2.05, 4.69) is 17.2 Å². The van der Waals surface area contributed by atoms with E-state index in [0.717, 1.165) is 33.9 Å². The van der Waals surface area contributed by atoms with Crippen molar-refractivity contribution in [2.24, 2.45) is 0 Å². The number of rotatable bonds is 9. The third-order valence-corrected chi connectivity index (χ3v) is 6.68. The highest BCUT2D eigenvalue weighted by molar-refractivity contribution is 7.22. The summed E-state index contributed by atoms with van der Waals surface area (Å²) in [7, 11) is 1.63. The Morgan fingerprint density at radius 2 is 1.94 bits per heavy atom. The minimum absolute atomic E-state index is 0.0940. The van der Waals surface area contributed by atoms with Crippen LogP contribution < -0.4 is 15.6 Å². The molecule has 0 unspecified atom stereocenters. The van der Waals surface area contributed by atoms with Crippen LogP contribution in [0.2, 0.25) is 0 Å². The zero-order valence-electron chi connectivity index (χ0n) is 19.6. The monoisotopic (exact) mass is 476 g/mol. The van der Waals surface area contributed by atoms with Crippen LogP contribution in [-0.4, -0.2) is 41.0 Å². The van der Waals surface area contributed by atoms with Crippen LogP contribution in [0.3, 0.4) is 0 Å². The number of thiophene rings is 1. The van der Waals surface area contributed by atoms with Gasteiger partial charge in [0, 0.05) is 10.6 Å². The second-order valence-electron chi connectivity index (χ2n) is 8.14. The van der Waals surface area contributed by atoms with Crippen molar-refractivity contribution in [1.29, 1.82) is 0 Å². The van der Waals surface area contributed by atoms with Gasteiger partial charge < -0.3 is 15.0 Å². The number of carbonyl (C=O) groups excluding carboxylic acids is 1. The number of benzene rings is 2. The van der Waals surface area contributed by atoms with Crippen LogP contribution in [0.5, 0.6) is 5.75 Å². The quantitative estimate of drug-likeness (QED) is 0.362. The van der Waals surface area contributed by atoms with Gasteiger partial charge in [-0.2, -0.15) is 0 Å². The maximum Gasteiger partial charge on any atom is 0.268 e. The summed E-state index contributed by atoms with van der Waals surface area (Å²) < 4.78 is 5.82. The van der Waals surface area contributed by atoms with E-state index >= 15 is 0 Å². The van der Waals surface area contributed by atoms with Gasteiger partial charge in [-0.3, -0.25) is 14.5 Å². The van der Waals surface area contributed by atoms with Gasteiger partial charge in [-0.05, 0) is 67.4 Å². The van der Waals surface area contributed by atoms with Gasteiger partial charge in [0.15, 0.2) is 0 Å². The Morgan fingerprint density at radius 1 is 1.18 bits per heavy atom. The van der Waals surface area contributed by atoms with Crippen LogP contribution in [0.1, 0.15) is 24.7 Å². The van der Waals surface area contributed by atoms with Crippen LogP contribution in [0.4, 0.5) is 5.69 Å². The number of H-pyrrole nitrogens is 1. The number of ether oxygens (including phenoxy) is 1. The van der Waals surface area contributed by atoms with E-state index < -0.39 is 0 Å². The fraction of sp³-hybridized carbons (Fsp3) is 0.269. The van der Waals surface area contributed by atoms with E-state index in [0.29, 0.717) is 29.1 Å². The number of fused-ring (bicyclic) bond motifs is 1. The Balaban J connectivity index is 1.52. The second-order valence-corrected chi connectivity index (χ2v) is 9.19. The van der Waals surface area contributed by atoms with Gasteiger partial charge in [-0.25, -0.2) is 4.98 Å². The van der Waals surface area contributed by atoms with Crippen LogP contribution in [-0.2, 0) is 11.3 Å². The molecule has 0 fully saturated rings. The first kappa shape index (κ1) is 23.7. The lowest BCUT2D eigenvalue weighted by Gasteiger charge is -2.20. The Hall–Kier alpha value is -3.49. The van der Waals surface area contributed by atoms with Crippen molar-refractivity contribution in [2.45, 2.75) is 26.8 Å². The molecule has 2 aromatic heterocycles. The number of nitrogens with one attached hydrogen (secondary N) is 2. The topological polar surface area (TPSA) is 87.3 Å². The Morgan fingerprint density at radius 3 is 2.65 bits per heavy atom. The van der Waals surface area contributed by atoms with Gasteiger partial charge in [0.2, 0.25) is 5.91 Å². The molecule has 4 rings (SSSR count). The Bertz CT molecular complexity index is 1340. The number of anilines is 1. The number of hydrogen-bond acceptors (Lipinski definition) is 6. The molecule has 0 saturated heterocycles. The Kier molecular flexibility index (Phi) is 7.40. The van der Waals surface area contributed by atoms with Crippen LogP contribution in [0.15, 0.2) is 59.4 Å².